The zero-order chi connectivity index (χ0) is 12.8. The van der Waals surface area contributed by atoms with E-state index in [1.165, 1.54) is 12.8 Å². The zero-order valence-corrected chi connectivity index (χ0v) is 10.9. The average molecular weight is 245 g/mol. The van der Waals surface area contributed by atoms with E-state index in [0.717, 1.165) is 24.2 Å². The Morgan fingerprint density at radius 1 is 1.39 bits per heavy atom. The molecule has 0 unspecified atom stereocenters. The maximum absolute atomic E-state index is 5.91. The predicted octanol–water partition coefficient (Wildman–Crippen LogP) is 3.04. The summed E-state index contributed by atoms with van der Waals surface area (Å²) in [6.07, 6.45) is 2.44. The van der Waals surface area contributed by atoms with Gasteiger partial charge in [-0.2, -0.15) is 4.98 Å². The highest BCUT2D eigenvalue weighted by Crippen LogP contribution is 2.33. The third-order valence-corrected chi connectivity index (χ3v) is 3.61. The van der Waals surface area contributed by atoms with E-state index in [-0.39, 0.29) is 0 Å². The normalized spacial score (nSPS) is 19.3. The summed E-state index contributed by atoms with van der Waals surface area (Å²) in [5.41, 5.74) is 8.46. The SMILES string of the molecule is CC1(C)CCCN(c2nc3c(N)cccc3o2)C1. The van der Waals surface area contributed by atoms with Crippen molar-refractivity contribution in [3.8, 4) is 0 Å². The Bertz CT molecular complexity index is 573. The molecule has 0 saturated carbocycles. The second-order valence-electron chi connectivity index (χ2n) is 5.88. The molecule has 0 spiro atoms. The van der Waals surface area contributed by atoms with Gasteiger partial charge in [0.25, 0.3) is 6.01 Å². The van der Waals surface area contributed by atoms with Crippen LogP contribution in [0.4, 0.5) is 11.7 Å². The van der Waals surface area contributed by atoms with Gasteiger partial charge in [-0.15, -0.1) is 0 Å². The van der Waals surface area contributed by atoms with Gasteiger partial charge >= 0.3 is 0 Å². The van der Waals surface area contributed by atoms with Gasteiger partial charge in [0.2, 0.25) is 0 Å². The van der Waals surface area contributed by atoms with Crippen LogP contribution in [-0.2, 0) is 0 Å². The van der Waals surface area contributed by atoms with Gasteiger partial charge in [-0.3, -0.25) is 0 Å². The van der Waals surface area contributed by atoms with Crippen LogP contribution >= 0.6 is 0 Å². The third kappa shape index (κ3) is 1.92. The fourth-order valence-electron chi connectivity index (χ4n) is 2.68. The van der Waals surface area contributed by atoms with Crippen molar-refractivity contribution in [2.24, 2.45) is 5.41 Å². The molecule has 18 heavy (non-hydrogen) atoms. The van der Waals surface area contributed by atoms with Crippen LogP contribution in [0.1, 0.15) is 26.7 Å². The number of para-hydroxylation sites is 1. The number of oxazole rings is 1. The van der Waals surface area contributed by atoms with Gasteiger partial charge < -0.3 is 15.1 Å². The Hall–Kier alpha value is -1.71. The largest absolute Gasteiger partial charge is 0.423 e. The molecule has 1 aliphatic rings. The molecule has 1 saturated heterocycles. The number of nitrogens with two attached hydrogens (primary N) is 1. The maximum Gasteiger partial charge on any atom is 0.298 e. The molecule has 0 aliphatic carbocycles. The number of nitrogens with zero attached hydrogens (tertiary/aromatic N) is 2. The minimum absolute atomic E-state index is 0.324. The monoisotopic (exact) mass is 245 g/mol. The number of hydrogen-bond donors (Lipinski definition) is 1. The van der Waals surface area contributed by atoms with E-state index in [1.54, 1.807) is 0 Å². The second kappa shape index (κ2) is 3.90. The topological polar surface area (TPSA) is 55.3 Å². The zero-order valence-electron chi connectivity index (χ0n) is 10.9. The van der Waals surface area contributed by atoms with Gasteiger partial charge in [0, 0.05) is 13.1 Å². The summed E-state index contributed by atoms with van der Waals surface area (Å²) >= 11 is 0. The minimum Gasteiger partial charge on any atom is -0.423 e. The van der Waals surface area contributed by atoms with Crippen LogP contribution in [0, 0.1) is 5.41 Å². The summed E-state index contributed by atoms with van der Waals surface area (Å²) in [5, 5.41) is 0. The Labute approximate surface area is 107 Å². The lowest BCUT2D eigenvalue weighted by Gasteiger charge is -2.37. The van der Waals surface area contributed by atoms with Gasteiger partial charge in [0.15, 0.2) is 5.58 Å². The van der Waals surface area contributed by atoms with Gasteiger partial charge in [0.1, 0.15) is 5.52 Å². The lowest BCUT2D eigenvalue weighted by atomic mass is 9.84. The van der Waals surface area contributed by atoms with Crippen molar-refractivity contribution in [1.29, 1.82) is 0 Å². The van der Waals surface area contributed by atoms with E-state index in [0.29, 0.717) is 17.1 Å². The molecule has 3 rings (SSSR count). The molecule has 2 heterocycles. The van der Waals surface area contributed by atoms with Crippen molar-refractivity contribution in [2.75, 3.05) is 23.7 Å². The molecule has 4 nitrogen and oxygen atoms in total. The fraction of sp³-hybridized carbons (Fsp3) is 0.500. The third-order valence-electron chi connectivity index (χ3n) is 3.61. The number of fused-ring (bicyclic) bond motifs is 1. The Morgan fingerprint density at radius 2 is 2.22 bits per heavy atom. The molecule has 1 aromatic carbocycles. The standard InChI is InChI=1S/C14H19N3O/c1-14(2)7-4-8-17(9-14)13-16-12-10(15)5-3-6-11(12)18-13/h3,5-6H,4,7-9,15H2,1-2H3. The van der Waals surface area contributed by atoms with Crippen LogP contribution in [0.15, 0.2) is 22.6 Å². The van der Waals surface area contributed by atoms with Crippen molar-refractivity contribution in [2.45, 2.75) is 26.7 Å². The lowest BCUT2D eigenvalue weighted by molar-refractivity contribution is 0.284. The van der Waals surface area contributed by atoms with Crippen LogP contribution < -0.4 is 10.6 Å². The van der Waals surface area contributed by atoms with Gasteiger partial charge in [-0.1, -0.05) is 19.9 Å². The first-order valence-corrected chi connectivity index (χ1v) is 6.45. The first-order chi connectivity index (χ1) is 8.55. The molecule has 96 valence electrons. The number of piperidine rings is 1. The van der Waals surface area contributed by atoms with E-state index in [2.05, 4.69) is 23.7 Å². The van der Waals surface area contributed by atoms with Crippen molar-refractivity contribution >= 4 is 22.8 Å². The Kier molecular flexibility index (Phi) is 2.47. The molecular weight excluding hydrogens is 226 g/mol. The van der Waals surface area contributed by atoms with Gasteiger partial charge in [-0.25, -0.2) is 0 Å². The molecule has 1 aliphatic heterocycles. The molecule has 1 aromatic heterocycles. The number of benzene rings is 1. The molecule has 0 bridgehead atoms. The van der Waals surface area contributed by atoms with E-state index in [9.17, 15) is 0 Å². The van der Waals surface area contributed by atoms with Crippen LogP contribution in [0.5, 0.6) is 0 Å². The van der Waals surface area contributed by atoms with E-state index >= 15 is 0 Å². The first kappa shape index (κ1) is 11.4. The number of hydrogen-bond acceptors (Lipinski definition) is 4. The summed E-state index contributed by atoms with van der Waals surface area (Å²) in [4.78, 5) is 6.76. The summed E-state index contributed by atoms with van der Waals surface area (Å²) in [5.74, 6) is 0. The number of anilines is 2. The molecular formula is C14H19N3O. The Morgan fingerprint density at radius 3 is 2.94 bits per heavy atom. The number of nitrogen functional groups attached to an aromatic ring is 1. The number of aromatic nitrogens is 1. The van der Waals surface area contributed by atoms with Crippen LogP contribution in [-0.4, -0.2) is 18.1 Å². The maximum atomic E-state index is 5.91. The molecule has 0 amide bonds. The van der Waals surface area contributed by atoms with Crippen molar-refractivity contribution < 1.29 is 4.42 Å². The van der Waals surface area contributed by atoms with E-state index in [1.807, 2.05) is 18.2 Å². The second-order valence-corrected chi connectivity index (χ2v) is 5.88. The quantitative estimate of drug-likeness (QED) is 0.785. The fourth-order valence-corrected chi connectivity index (χ4v) is 2.68. The summed E-state index contributed by atoms with van der Waals surface area (Å²) in [6, 6.07) is 6.37. The van der Waals surface area contributed by atoms with E-state index < -0.39 is 0 Å². The predicted molar refractivity (Wildman–Crippen MR) is 73.6 cm³/mol. The van der Waals surface area contributed by atoms with Gasteiger partial charge in [0.05, 0.1) is 5.69 Å². The van der Waals surface area contributed by atoms with Crippen molar-refractivity contribution in [3.05, 3.63) is 18.2 Å². The van der Waals surface area contributed by atoms with Crippen LogP contribution in [0.25, 0.3) is 11.1 Å². The first-order valence-electron chi connectivity index (χ1n) is 6.45. The van der Waals surface area contributed by atoms with E-state index in [4.69, 9.17) is 10.2 Å². The highest BCUT2D eigenvalue weighted by Gasteiger charge is 2.28. The van der Waals surface area contributed by atoms with Crippen molar-refractivity contribution in [1.82, 2.24) is 4.98 Å². The van der Waals surface area contributed by atoms with Crippen molar-refractivity contribution in [3.63, 3.8) is 0 Å². The molecule has 2 N–H and O–H groups in total. The summed E-state index contributed by atoms with van der Waals surface area (Å²) in [7, 11) is 0. The molecule has 2 aromatic rings. The van der Waals surface area contributed by atoms with Crippen LogP contribution in [0.2, 0.25) is 0 Å². The summed E-state index contributed by atoms with van der Waals surface area (Å²) in [6.45, 7) is 6.57. The number of rotatable bonds is 1. The minimum atomic E-state index is 0.324. The summed E-state index contributed by atoms with van der Waals surface area (Å²) < 4.78 is 5.82. The highest BCUT2D eigenvalue weighted by atomic mass is 16.4. The Balaban J connectivity index is 1.97. The van der Waals surface area contributed by atoms with Crippen LogP contribution in [0.3, 0.4) is 0 Å². The molecule has 0 radical (unpaired) electrons. The molecule has 0 atom stereocenters. The smallest absolute Gasteiger partial charge is 0.298 e. The molecule has 1 fully saturated rings. The van der Waals surface area contributed by atoms with Gasteiger partial charge in [-0.05, 0) is 30.4 Å². The highest BCUT2D eigenvalue weighted by molar-refractivity contribution is 5.86. The molecule has 4 heteroatoms. The lowest BCUT2D eigenvalue weighted by Crippen LogP contribution is -2.40. The average Bonchev–Trinajstić information content (AvgIpc) is 2.73.